The Kier molecular flexibility index (Phi) is 5.21. The van der Waals surface area contributed by atoms with E-state index in [0.717, 1.165) is 17.6 Å². The Balaban J connectivity index is 1.29. The molecular formula is C21H21ClN4O2. The first kappa shape index (κ1) is 18.4. The zero-order valence-corrected chi connectivity index (χ0v) is 16.1. The summed E-state index contributed by atoms with van der Waals surface area (Å²) in [6.07, 6.45) is 2.71. The van der Waals surface area contributed by atoms with Gasteiger partial charge in [-0.05, 0) is 36.2 Å². The van der Waals surface area contributed by atoms with Crippen LogP contribution < -0.4 is 10.2 Å². The predicted molar refractivity (Wildman–Crippen MR) is 111 cm³/mol. The Morgan fingerprint density at radius 2 is 2.00 bits per heavy atom. The highest BCUT2D eigenvalue weighted by molar-refractivity contribution is 6.30. The second-order valence-corrected chi connectivity index (χ2v) is 7.23. The summed E-state index contributed by atoms with van der Waals surface area (Å²) in [5.41, 5.74) is 3.01. The van der Waals surface area contributed by atoms with Crippen LogP contribution in [0.2, 0.25) is 5.02 Å². The van der Waals surface area contributed by atoms with Crippen LogP contribution >= 0.6 is 11.6 Å². The molecule has 144 valence electrons. The Labute approximate surface area is 168 Å². The SMILES string of the molecule is O=C(CN1CCN(c2cccc(Cl)c2)C1=O)NCCc1c[nH]c2ccccc12. The van der Waals surface area contributed by atoms with E-state index in [2.05, 4.69) is 16.4 Å². The van der Waals surface area contributed by atoms with Crippen LogP contribution in [-0.2, 0) is 11.2 Å². The molecule has 2 N–H and O–H groups in total. The molecule has 3 amide bonds. The number of para-hydroxylation sites is 1. The number of carbonyl (C=O) groups excluding carboxylic acids is 2. The molecule has 0 aliphatic carbocycles. The van der Waals surface area contributed by atoms with Gasteiger partial charge in [0.25, 0.3) is 0 Å². The van der Waals surface area contributed by atoms with Gasteiger partial charge in [-0.15, -0.1) is 0 Å². The summed E-state index contributed by atoms with van der Waals surface area (Å²) in [4.78, 5) is 31.3. The average molecular weight is 397 g/mol. The van der Waals surface area contributed by atoms with Gasteiger partial charge in [0.15, 0.2) is 0 Å². The molecule has 2 aromatic carbocycles. The van der Waals surface area contributed by atoms with Crippen LogP contribution in [0.1, 0.15) is 5.56 Å². The number of aromatic amines is 1. The number of hydrogen-bond donors (Lipinski definition) is 2. The average Bonchev–Trinajstić information content (AvgIpc) is 3.26. The van der Waals surface area contributed by atoms with E-state index >= 15 is 0 Å². The molecule has 28 heavy (non-hydrogen) atoms. The molecule has 7 heteroatoms. The quantitative estimate of drug-likeness (QED) is 0.670. The van der Waals surface area contributed by atoms with E-state index < -0.39 is 0 Å². The summed E-state index contributed by atoms with van der Waals surface area (Å²) in [6, 6.07) is 15.1. The smallest absolute Gasteiger partial charge is 0.325 e. The number of H-pyrrole nitrogens is 1. The molecule has 1 saturated heterocycles. The molecule has 1 aliphatic heterocycles. The Morgan fingerprint density at radius 1 is 1.14 bits per heavy atom. The molecule has 0 saturated carbocycles. The van der Waals surface area contributed by atoms with Crippen molar-refractivity contribution in [3.8, 4) is 0 Å². The second-order valence-electron chi connectivity index (χ2n) is 6.80. The fraction of sp³-hybridized carbons (Fsp3) is 0.238. The second kappa shape index (κ2) is 7.94. The number of anilines is 1. The lowest BCUT2D eigenvalue weighted by molar-refractivity contribution is -0.121. The van der Waals surface area contributed by atoms with Crippen molar-refractivity contribution in [3.63, 3.8) is 0 Å². The first-order chi connectivity index (χ1) is 13.6. The lowest BCUT2D eigenvalue weighted by Crippen LogP contribution is -2.40. The summed E-state index contributed by atoms with van der Waals surface area (Å²) < 4.78 is 0. The number of halogens is 1. The topological polar surface area (TPSA) is 68.4 Å². The van der Waals surface area contributed by atoms with Crippen LogP contribution in [0.3, 0.4) is 0 Å². The van der Waals surface area contributed by atoms with Crippen molar-refractivity contribution in [2.24, 2.45) is 0 Å². The van der Waals surface area contributed by atoms with Crippen LogP contribution in [-0.4, -0.2) is 48.0 Å². The fourth-order valence-corrected chi connectivity index (χ4v) is 3.70. The van der Waals surface area contributed by atoms with E-state index in [-0.39, 0.29) is 18.5 Å². The molecular weight excluding hydrogens is 376 g/mol. The van der Waals surface area contributed by atoms with Crippen LogP contribution in [0.25, 0.3) is 10.9 Å². The monoisotopic (exact) mass is 396 g/mol. The first-order valence-corrected chi connectivity index (χ1v) is 9.63. The van der Waals surface area contributed by atoms with Crippen molar-refractivity contribution in [3.05, 3.63) is 65.3 Å². The zero-order valence-electron chi connectivity index (χ0n) is 15.3. The molecule has 0 radical (unpaired) electrons. The fourth-order valence-electron chi connectivity index (χ4n) is 3.52. The van der Waals surface area contributed by atoms with Gasteiger partial charge in [0.2, 0.25) is 5.91 Å². The number of fused-ring (bicyclic) bond motifs is 1. The molecule has 4 rings (SSSR count). The third-order valence-electron chi connectivity index (χ3n) is 4.94. The van der Waals surface area contributed by atoms with Crippen LogP contribution in [0.5, 0.6) is 0 Å². The third kappa shape index (κ3) is 3.82. The van der Waals surface area contributed by atoms with E-state index in [1.54, 1.807) is 21.9 Å². The molecule has 0 atom stereocenters. The zero-order chi connectivity index (χ0) is 19.5. The normalized spacial score (nSPS) is 14.1. The Bertz CT molecular complexity index is 1020. The van der Waals surface area contributed by atoms with E-state index in [1.165, 1.54) is 10.9 Å². The van der Waals surface area contributed by atoms with E-state index in [9.17, 15) is 9.59 Å². The number of aromatic nitrogens is 1. The lowest BCUT2D eigenvalue weighted by Gasteiger charge is -2.18. The molecule has 0 spiro atoms. The Morgan fingerprint density at radius 3 is 2.86 bits per heavy atom. The number of benzene rings is 2. The summed E-state index contributed by atoms with van der Waals surface area (Å²) >= 11 is 6.01. The van der Waals surface area contributed by atoms with Gasteiger partial charge in [-0.25, -0.2) is 4.79 Å². The van der Waals surface area contributed by atoms with Crippen molar-refractivity contribution < 1.29 is 9.59 Å². The maximum atomic E-state index is 12.6. The van der Waals surface area contributed by atoms with Crippen molar-refractivity contribution in [2.75, 3.05) is 31.1 Å². The number of amides is 3. The maximum Gasteiger partial charge on any atom is 0.325 e. The van der Waals surface area contributed by atoms with Gasteiger partial charge >= 0.3 is 6.03 Å². The number of hydrogen-bond acceptors (Lipinski definition) is 2. The number of nitrogens with zero attached hydrogens (tertiary/aromatic N) is 2. The van der Waals surface area contributed by atoms with Crippen molar-refractivity contribution in [1.82, 2.24) is 15.2 Å². The van der Waals surface area contributed by atoms with Gasteiger partial charge in [0.1, 0.15) is 6.54 Å². The van der Waals surface area contributed by atoms with Crippen molar-refractivity contribution in [1.29, 1.82) is 0 Å². The van der Waals surface area contributed by atoms with E-state index in [4.69, 9.17) is 11.6 Å². The minimum atomic E-state index is -0.172. The minimum absolute atomic E-state index is 0.0593. The molecule has 3 aromatic rings. The van der Waals surface area contributed by atoms with Gasteiger partial charge in [0.05, 0.1) is 0 Å². The summed E-state index contributed by atoms with van der Waals surface area (Å²) in [6.45, 7) is 1.65. The molecule has 0 bridgehead atoms. The number of carbonyl (C=O) groups is 2. The third-order valence-corrected chi connectivity index (χ3v) is 5.18. The van der Waals surface area contributed by atoms with E-state index in [0.29, 0.717) is 24.7 Å². The molecule has 1 fully saturated rings. The highest BCUT2D eigenvalue weighted by Gasteiger charge is 2.30. The molecule has 1 aromatic heterocycles. The van der Waals surface area contributed by atoms with Gasteiger partial charge < -0.3 is 15.2 Å². The standard InChI is InChI=1S/C21H21ClN4O2/c22-16-4-3-5-17(12-16)26-11-10-25(21(26)28)14-20(27)23-9-8-15-13-24-19-7-2-1-6-18(15)19/h1-7,12-13,24H,8-11,14H2,(H,23,27). The molecule has 0 unspecified atom stereocenters. The lowest BCUT2D eigenvalue weighted by atomic mass is 10.1. The summed E-state index contributed by atoms with van der Waals surface area (Å²) in [7, 11) is 0. The minimum Gasteiger partial charge on any atom is -0.361 e. The highest BCUT2D eigenvalue weighted by atomic mass is 35.5. The van der Waals surface area contributed by atoms with Crippen molar-refractivity contribution in [2.45, 2.75) is 6.42 Å². The largest absolute Gasteiger partial charge is 0.361 e. The molecule has 6 nitrogen and oxygen atoms in total. The number of nitrogens with one attached hydrogen (secondary N) is 2. The number of rotatable bonds is 6. The molecule has 2 heterocycles. The number of urea groups is 1. The first-order valence-electron chi connectivity index (χ1n) is 9.25. The van der Waals surface area contributed by atoms with Crippen LogP contribution in [0.4, 0.5) is 10.5 Å². The maximum absolute atomic E-state index is 12.6. The highest BCUT2D eigenvalue weighted by Crippen LogP contribution is 2.23. The predicted octanol–water partition coefficient (Wildman–Crippen LogP) is 3.42. The molecule has 1 aliphatic rings. The van der Waals surface area contributed by atoms with Gasteiger partial charge in [-0.1, -0.05) is 35.9 Å². The van der Waals surface area contributed by atoms with E-state index in [1.807, 2.05) is 36.5 Å². The van der Waals surface area contributed by atoms with Gasteiger partial charge in [0, 0.05) is 47.4 Å². The summed E-state index contributed by atoms with van der Waals surface area (Å²) in [5.74, 6) is -0.152. The van der Waals surface area contributed by atoms with Gasteiger partial charge in [-0.2, -0.15) is 0 Å². The van der Waals surface area contributed by atoms with Crippen LogP contribution in [0.15, 0.2) is 54.7 Å². The summed E-state index contributed by atoms with van der Waals surface area (Å²) in [5, 5.41) is 4.66. The van der Waals surface area contributed by atoms with Gasteiger partial charge in [-0.3, -0.25) is 9.69 Å². The van der Waals surface area contributed by atoms with Crippen LogP contribution in [0, 0.1) is 0 Å². The van der Waals surface area contributed by atoms with Crippen molar-refractivity contribution >= 4 is 40.1 Å². The Hall–Kier alpha value is -2.99.